The summed E-state index contributed by atoms with van der Waals surface area (Å²) in [6.07, 6.45) is 1.88. The van der Waals surface area contributed by atoms with Crippen LogP contribution in [0.1, 0.15) is 5.69 Å². The first-order chi connectivity index (χ1) is 9.84. The van der Waals surface area contributed by atoms with E-state index in [0.29, 0.717) is 0 Å². The van der Waals surface area contributed by atoms with Crippen LogP contribution in [0.2, 0.25) is 0 Å². The quantitative estimate of drug-likeness (QED) is 0.399. The van der Waals surface area contributed by atoms with Crippen LogP contribution < -0.4 is 4.57 Å². The molecule has 0 fully saturated rings. The first-order valence-electron chi connectivity index (χ1n) is 6.68. The fourth-order valence-corrected chi connectivity index (χ4v) is 4.46. The second-order valence-corrected chi connectivity index (χ2v) is 6.25. The predicted molar refractivity (Wildman–Crippen MR) is 80.8 cm³/mol. The third-order valence-electron chi connectivity index (χ3n) is 4.14. The van der Waals surface area contributed by atoms with Gasteiger partial charge in [-0.3, -0.25) is 4.98 Å². The molecule has 3 nitrogen and oxygen atoms in total. The highest BCUT2D eigenvalue weighted by Gasteiger charge is 2.35. The molecule has 4 heterocycles. The first-order valence-corrected chi connectivity index (χ1v) is 7.50. The van der Waals surface area contributed by atoms with E-state index in [9.17, 15) is 0 Å². The zero-order valence-electron chi connectivity index (χ0n) is 11.0. The van der Waals surface area contributed by atoms with E-state index < -0.39 is 0 Å². The molecule has 3 aromatic heterocycles. The van der Waals surface area contributed by atoms with E-state index in [1.54, 1.807) is 0 Å². The smallest absolute Gasteiger partial charge is 0.256 e. The molecular weight excluding hydrogens is 266 g/mol. The third kappa shape index (κ3) is 1.11. The average Bonchev–Trinajstić information content (AvgIpc) is 3.10. The fourth-order valence-electron chi connectivity index (χ4n) is 3.29. The van der Waals surface area contributed by atoms with Gasteiger partial charge in [-0.2, -0.15) is 0 Å². The lowest BCUT2D eigenvalue weighted by atomic mass is 10.2. The van der Waals surface area contributed by atoms with Gasteiger partial charge in [0.05, 0.1) is 18.3 Å². The summed E-state index contributed by atoms with van der Waals surface area (Å²) in [4.78, 5) is 5.87. The number of pyridine rings is 1. The molecule has 0 atom stereocenters. The van der Waals surface area contributed by atoms with Crippen molar-refractivity contribution < 1.29 is 4.57 Å². The number of rotatable bonds is 0. The fraction of sp³-hybridized carbons (Fsp3) is 0.125. The minimum Gasteiger partial charge on any atom is -0.256 e. The summed E-state index contributed by atoms with van der Waals surface area (Å²) < 4.78 is 6.08. The first kappa shape index (κ1) is 10.6. The molecule has 4 aromatic rings. The Balaban J connectivity index is 1.99. The summed E-state index contributed by atoms with van der Waals surface area (Å²) in [6, 6.07) is 12.8. The number of aryl methyl sites for hydroxylation is 1. The number of benzene rings is 1. The minimum absolute atomic E-state index is 0.879. The van der Waals surface area contributed by atoms with Gasteiger partial charge < -0.3 is 0 Å². The number of fused-ring (bicyclic) bond motifs is 7. The lowest BCUT2D eigenvalue weighted by molar-refractivity contribution is -0.631. The van der Waals surface area contributed by atoms with E-state index in [0.717, 1.165) is 6.54 Å². The second kappa shape index (κ2) is 3.46. The standard InChI is InChI=1S/C16H12N3S/c1-18-15-10-6-4-8-17-12(10)9-19(15)14-11-5-2-3-7-13(11)20-16(14)18/h2-8H,9H2,1H3/q+1. The summed E-state index contributed by atoms with van der Waals surface area (Å²) in [5, 5.41) is 1.35. The van der Waals surface area contributed by atoms with Crippen molar-refractivity contribution in [3.8, 4) is 11.4 Å². The molecule has 96 valence electrons. The zero-order chi connectivity index (χ0) is 13.3. The maximum Gasteiger partial charge on any atom is 0.292 e. The molecule has 0 saturated carbocycles. The third-order valence-corrected chi connectivity index (χ3v) is 5.37. The Kier molecular flexibility index (Phi) is 1.83. The number of nitrogens with zero attached hydrogens (tertiary/aromatic N) is 3. The van der Waals surface area contributed by atoms with Crippen molar-refractivity contribution in [2.24, 2.45) is 7.05 Å². The van der Waals surface area contributed by atoms with E-state index in [2.05, 4.69) is 51.5 Å². The molecule has 1 aromatic carbocycles. The SMILES string of the molecule is C[n+]1c2n(c3c4ccccc4sc31)Cc1ncccc1-2. The van der Waals surface area contributed by atoms with E-state index in [-0.39, 0.29) is 0 Å². The summed E-state index contributed by atoms with van der Waals surface area (Å²) in [5.41, 5.74) is 3.79. The molecular formula is C16H12N3S+. The van der Waals surface area contributed by atoms with Crippen LogP contribution >= 0.6 is 11.3 Å². The maximum absolute atomic E-state index is 4.53. The average molecular weight is 278 g/mol. The van der Waals surface area contributed by atoms with E-state index in [1.807, 2.05) is 23.6 Å². The summed E-state index contributed by atoms with van der Waals surface area (Å²) in [6.45, 7) is 0.879. The van der Waals surface area contributed by atoms with Crippen molar-refractivity contribution in [1.82, 2.24) is 9.55 Å². The van der Waals surface area contributed by atoms with Crippen molar-refractivity contribution in [2.45, 2.75) is 6.54 Å². The van der Waals surface area contributed by atoms with Crippen molar-refractivity contribution in [3.05, 3.63) is 48.3 Å². The Labute approximate surface area is 119 Å². The molecule has 0 aliphatic carbocycles. The largest absolute Gasteiger partial charge is 0.292 e. The number of aromatic nitrogens is 3. The molecule has 0 radical (unpaired) electrons. The van der Waals surface area contributed by atoms with Gasteiger partial charge in [0.15, 0.2) is 5.52 Å². The van der Waals surface area contributed by atoms with Crippen LogP contribution in [0.25, 0.3) is 31.8 Å². The zero-order valence-corrected chi connectivity index (χ0v) is 11.8. The molecule has 0 N–H and O–H groups in total. The normalized spacial score (nSPS) is 13.1. The van der Waals surface area contributed by atoms with Gasteiger partial charge in [0, 0.05) is 16.3 Å². The van der Waals surface area contributed by atoms with Gasteiger partial charge >= 0.3 is 0 Å². The maximum atomic E-state index is 4.53. The Hall–Kier alpha value is -2.20. The molecule has 0 bridgehead atoms. The van der Waals surface area contributed by atoms with Gasteiger partial charge in [-0.1, -0.05) is 23.5 Å². The monoisotopic (exact) mass is 278 g/mol. The molecule has 0 amide bonds. The molecule has 1 aliphatic rings. The van der Waals surface area contributed by atoms with Gasteiger partial charge in [0.2, 0.25) is 4.83 Å². The molecule has 1 aliphatic heterocycles. The highest BCUT2D eigenvalue weighted by atomic mass is 32.1. The van der Waals surface area contributed by atoms with Gasteiger partial charge in [0.1, 0.15) is 6.54 Å². The number of hydrogen-bond acceptors (Lipinski definition) is 2. The molecule has 5 rings (SSSR count). The Morgan fingerprint density at radius 3 is 3.05 bits per heavy atom. The number of thiophene rings is 1. The van der Waals surface area contributed by atoms with Gasteiger partial charge in [0.25, 0.3) is 5.82 Å². The Morgan fingerprint density at radius 2 is 2.10 bits per heavy atom. The molecule has 0 unspecified atom stereocenters. The van der Waals surface area contributed by atoms with E-state index in [1.165, 1.54) is 37.5 Å². The minimum atomic E-state index is 0.879. The van der Waals surface area contributed by atoms with Crippen LogP contribution in [-0.2, 0) is 13.6 Å². The van der Waals surface area contributed by atoms with Crippen LogP contribution in [0.4, 0.5) is 0 Å². The summed E-state index contributed by atoms with van der Waals surface area (Å²) in [7, 11) is 2.16. The van der Waals surface area contributed by atoms with Crippen LogP contribution in [0, 0.1) is 0 Å². The highest BCUT2D eigenvalue weighted by Crippen LogP contribution is 2.38. The lowest BCUT2D eigenvalue weighted by Gasteiger charge is -1.93. The van der Waals surface area contributed by atoms with Crippen LogP contribution in [0.3, 0.4) is 0 Å². The molecule has 0 saturated heterocycles. The molecule has 20 heavy (non-hydrogen) atoms. The summed E-state index contributed by atoms with van der Waals surface area (Å²) >= 11 is 1.87. The lowest BCUT2D eigenvalue weighted by Crippen LogP contribution is -2.28. The molecule has 0 spiro atoms. The topological polar surface area (TPSA) is 21.7 Å². The second-order valence-electron chi connectivity index (χ2n) is 5.22. The van der Waals surface area contributed by atoms with E-state index in [4.69, 9.17) is 0 Å². The number of imidazole rings is 1. The van der Waals surface area contributed by atoms with Crippen LogP contribution in [0.15, 0.2) is 42.6 Å². The van der Waals surface area contributed by atoms with E-state index >= 15 is 0 Å². The van der Waals surface area contributed by atoms with Crippen molar-refractivity contribution in [2.75, 3.05) is 0 Å². The summed E-state index contributed by atoms with van der Waals surface area (Å²) in [5.74, 6) is 1.28. The predicted octanol–water partition coefficient (Wildman–Crippen LogP) is 3.10. The number of hydrogen-bond donors (Lipinski definition) is 0. The van der Waals surface area contributed by atoms with Crippen molar-refractivity contribution >= 4 is 31.8 Å². The Bertz CT molecular complexity index is 994. The molecule has 4 heteroatoms. The van der Waals surface area contributed by atoms with Crippen molar-refractivity contribution in [3.63, 3.8) is 0 Å². The Morgan fingerprint density at radius 1 is 1.20 bits per heavy atom. The van der Waals surface area contributed by atoms with Gasteiger partial charge in [-0.15, -0.1) is 0 Å². The highest BCUT2D eigenvalue weighted by molar-refractivity contribution is 7.25. The van der Waals surface area contributed by atoms with Crippen molar-refractivity contribution in [1.29, 1.82) is 0 Å². The van der Waals surface area contributed by atoms with Gasteiger partial charge in [-0.25, -0.2) is 9.13 Å². The van der Waals surface area contributed by atoms with Crippen LogP contribution in [-0.4, -0.2) is 9.55 Å². The van der Waals surface area contributed by atoms with Crippen LogP contribution in [0.5, 0.6) is 0 Å². The van der Waals surface area contributed by atoms with Gasteiger partial charge in [-0.05, 0) is 24.3 Å².